The van der Waals surface area contributed by atoms with E-state index < -0.39 is 15.1 Å². The number of nitrogens with zero attached hydrogens (tertiary/aromatic N) is 4. The van der Waals surface area contributed by atoms with E-state index in [1.807, 2.05) is 4.90 Å². The summed E-state index contributed by atoms with van der Waals surface area (Å²) in [6, 6.07) is 0. The summed E-state index contributed by atoms with van der Waals surface area (Å²) in [7, 11) is -1.86. The number of carbonyl (C=O) groups is 1. The van der Waals surface area contributed by atoms with Crippen LogP contribution in [0.1, 0.15) is 32.1 Å². The average molecular weight is 338 g/mol. The van der Waals surface area contributed by atoms with Crippen molar-refractivity contribution in [3.05, 3.63) is 18.5 Å². The first-order chi connectivity index (χ1) is 11.0. The Kier molecular flexibility index (Phi) is 4.52. The topological polar surface area (TPSA) is 85.2 Å². The molecule has 2 aliphatic rings. The smallest absolute Gasteiger partial charge is 0.249 e. The second kappa shape index (κ2) is 6.43. The lowest BCUT2D eigenvalue weighted by molar-refractivity contribution is -0.136. The molecular weight excluding hydrogens is 316 g/mol. The van der Waals surface area contributed by atoms with Gasteiger partial charge in [0.05, 0.1) is 5.25 Å². The predicted octanol–water partition coefficient (Wildman–Crippen LogP) is 0.936. The van der Waals surface area contributed by atoms with Crippen LogP contribution in [-0.4, -0.2) is 52.3 Å². The Labute approximate surface area is 136 Å². The van der Waals surface area contributed by atoms with E-state index in [9.17, 15) is 13.2 Å². The summed E-state index contributed by atoms with van der Waals surface area (Å²) in [5.74, 6) is 0.232. The van der Waals surface area contributed by atoms with Crippen LogP contribution in [0.15, 0.2) is 23.6 Å². The monoisotopic (exact) mass is 338 g/mol. The molecule has 1 amide bonds. The zero-order chi connectivity index (χ0) is 16.4. The third kappa shape index (κ3) is 3.17. The van der Waals surface area contributed by atoms with Crippen LogP contribution < -0.4 is 0 Å². The number of rotatable bonds is 3. The SMILES string of the molecule is Cn1cnnc1S(=O)(=O)C1CCN(C(=O)[C@H]2CC=CCC2)CC1. The van der Waals surface area contributed by atoms with Crippen molar-refractivity contribution in [3.63, 3.8) is 0 Å². The molecule has 1 aliphatic carbocycles. The van der Waals surface area contributed by atoms with Crippen LogP contribution in [0.3, 0.4) is 0 Å². The van der Waals surface area contributed by atoms with Crippen LogP contribution in [0.2, 0.25) is 0 Å². The van der Waals surface area contributed by atoms with Crippen molar-refractivity contribution in [3.8, 4) is 0 Å². The molecule has 1 aliphatic heterocycles. The van der Waals surface area contributed by atoms with Gasteiger partial charge in [0.25, 0.3) is 0 Å². The van der Waals surface area contributed by atoms with E-state index in [0.29, 0.717) is 25.9 Å². The van der Waals surface area contributed by atoms with E-state index in [0.717, 1.165) is 19.3 Å². The van der Waals surface area contributed by atoms with Gasteiger partial charge < -0.3 is 9.47 Å². The minimum atomic E-state index is -3.48. The standard InChI is InChI=1S/C15H22N4O3S/c1-18-11-16-17-15(18)23(21,22)13-7-9-19(10-8-13)14(20)12-5-3-2-4-6-12/h2-3,11-13H,4-10H2,1H3/t12-/m0/s1. The molecule has 1 fully saturated rings. The lowest BCUT2D eigenvalue weighted by Crippen LogP contribution is -2.45. The maximum absolute atomic E-state index is 12.6. The number of hydrogen-bond donors (Lipinski definition) is 0. The van der Waals surface area contributed by atoms with Crippen LogP contribution >= 0.6 is 0 Å². The molecule has 0 bridgehead atoms. The van der Waals surface area contributed by atoms with E-state index >= 15 is 0 Å². The Morgan fingerprint density at radius 3 is 2.52 bits per heavy atom. The molecule has 23 heavy (non-hydrogen) atoms. The Morgan fingerprint density at radius 1 is 1.22 bits per heavy atom. The maximum Gasteiger partial charge on any atom is 0.249 e. The first-order valence-corrected chi connectivity index (χ1v) is 9.56. The summed E-state index contributed by atoms with van der Waals surface area (Å²) in [6.07, 6.45) is 9.14. The summed E-state index contributed by atoms with van der Waals surface area (Å²) in [6.45, 7) is 1.00. The van der Waals surface area contributed by atoms with Crippen LogP contribution in [0.25, 0.3) is 0 Å². The fourth-order valence-electron chi connectivity index (χ4n) is 3.34. The lowest BCUT2D eigenvalue weighted by atomic mass is 9.92. The zero-order valence-corrected chi connectivity index (χ0v) is 14.1. The molecule has 2 heterocycles. The number of sulfone groups is 1. The maximum atomic E-state index is 12.6. The van der Waals surface area contributed by atoms with Crippen LogP contribution in [0, 0.1) is 5.92 Å². The summed E-state index contributed by atoms with van der Waals surface area (Å²) in [4.78, 5) is 14.3. The highest BCUT2D eigenvalue weighted by Gasteiger charge is 2.36. The van der Waals surface area contributed by atoms with Gasteiger partial charge in [0.15, 0.2) is 0 Å². The highest BCUT2D eigenvalue weighted by molar-refractivity contribution is 7.91. The van der Waals surface area contributed by atoms with E-state index in [1.54, 1.807) is 7.05 Å². The number of likely N-dealkylation sites (tertiary alicyclic amines) is 1. The van der Waals surface area contributed by atoms with Gasteiger partial charge in [-0.2, -0.15) is 0 Å². The molecule has 0 N–H and O–H groups in total. The zero-order valence-electron chi connectivity index (χ0n) is 13.3. The molecule has 0 saturated carbocycles. The summed E-state index contributed by atoms with van der Waals surface area (Å²) < 4.78 is 26.7. The third-order valence-corrected chi connectivity index (χ3v) is 6.96. The fourth-order valence-corrected chi connectivity index (χ4v) is 5.08. The predicted molar refractivity (Wildman–Crippen MR) is 84.3 cm³/mol. The molecule has 126 valence electrons. The van der Waals surface area contributed by atoms with E-state index in [1.165, 1.54) is 10.9 Å². The molecule has 8 heteroatoms. The van der Waals surface area contributed by atoms with Crippen molar-refractivity contribution >= 4 is 15.7 Å². The fraction of sp³-hybridized carbons (Fsp3) is 0.667. The quantitative estimate of drug-likeness (QED) is 0.766. The molecule has 3 rings (SSSR count). The number of amides is 1. The number of carbonyl (C=O) groups excluding carboxylic acids is 1. The summed E-state index contributed by atoms with van der Waals surface area (Å²) in [5.41, 5.74) is 0. The van der Waals surface area contributed by atoms with Gasteiger partial charge in [0.2, 0.25) is 20.9 Å². The highest BCUT2D eigenvalue weighted by atomic mass is 32.2. The molecule has 0 aromatic carbocycles. The Morgan fingerprint density at radius 2 is 1.96 bits per heavy atom. The normalized spacial score (nSPS) is 23.2. The van der Waals surface area contributed by atoms with Gasteiger partial charge in [-0.05, 0) is 32.1 Å². The van der Waals surface area contributed by atoms with Crippen LogP contribution in [0.5, 0.6) is 0 Å². The molecule has 1 aromatic rings. The van der Waals surface area contributed by atoms with E-state index in [-0.39, 0.29) is 17.0 Å². The minimum Gasteiger partial charge on any atom is -0.342 e. The van der Waals surface area contributed by atoms with Gasteiger partial charge in [-0.15, -0.1) is 10.2 Å². The van der Waals surface area contributed by atoms with E-state index in [4.69, 9.17) is 0 Å². The van der Waals surface area contributed by atoms with Gasteiger partial charge in [0.1, 0.15) is 6.33 Å². The van der Waals surface area contributed by atoms with Crippen molar-refractivity contribution in [1.29, 1.82) is 0 Å². The van der Waals surface area contributed by atoms with E-state index in [2.05, 4.69) is 22.3 Å². The third-order valence-electron chi connectivity index (χ3n) is 4.74. The second-order valence-electron chi connectivity index (χ2n) is 6.28. The molecule has 0 unspecified atom stereocenters. The molecule has 1 atom stereocenters. The largest absolute Gasteiger partial charge is 0.342 e. The highest BCUT2D eigenvalue weighted by Crippen LogP contribution is 2.26. The van der Waals surface area contributed by atoms with Gasteiger partial charge >= 0.3 is 0 Å². The second-order valence-corrected chi connectivity index (χ2v) is 8.40. The van der Waals surface area contributed by atoms with Gasteiger partial charge in [-0.1, -0.05) is 12.2 Å². The van der Waals surface area contributed by atoms with Crippen LogP contribution in [-0.2, 0) is 21.7 Å². The molecule has 1 saturated heterocycles. The minimum absolute atomic E-state index is 0.0136. The number of piperidine rings is 1. The average Bonchev–Trinajstić information content (AvgIpc) is 3.02. The molecular formula is C15H22N4O3S. The molecule has 0 spiro atoms. The molecule has 0 radical (unpaired) electrons. The number of allylic oxidation sites excluding steroid dienone is 2. The van der Waals surface area contributed by atoms with Crippen molar-refractivity contribution in [2.45, 2.75) is 42.5 Å². The Bertz CT molecular complexity index is 702. The number of aryl methyl sites for hydroxylation is 1. The molecule has 1 aromatic heterocycles. The van der Waals surface area contributed by atoms with Crippen molar-refractivity contribution in [1.82, 2.24) is 19.7 Å². The van der Waals surface area contributed by atoms with Crippen LogP contribution in [0.4, 0.5) is 0 Å². The van der Waals surface area contributed by atoms with Gasteiger partial charge in [-0.25, -0.2) is 8.42 Å². The van der Waals surface area contributed by atoms with Crippen molar-refractivity contribution in [2.75, 3.05) is 13.1 Å². The van der Waals surface area contributed by atoms with Crippen molar-refractivity contribution in [2.24, 2.45) is 13.0 Å². The molecule has 7 nitrogen and oxygen atoms in total. The Hall–Kier alpha value is -1.70. The van der Waals surface area contributed by atoms with Gasteiger partial charge in [0, 0.05) is 26.1 Å². The summed E-state index contributed by atoms with van der Waals surface area (Å²) in [5, 5.41) is 6.91. The lowest BCUT2D eigenvalue weighted by Gasteiger charge is -2.34. The number of aromatic nitrogens is 3. The first kappa shape index (κ1) is 16.2. The van der Waals surface area contributed by atoms with Gasteiger partial charge in [-0.3, -0.25) is 4.79 Å². The first-order valence-electron chi connectivity index (χ1n) is 8.02. The summed E-state index contributed by atoms with van der Waals surface area (Å²) >= 11 is 0. The number of hydrogen-bond acceptors (Lipinski definition) is 5. The van der Waals surface area contributed by atoms with Crippen molar-refractivity contribution < 1.29 is 13.2 Å². The Balaban J connectivity index is 1.63.